The van der Waals surface area contributed by atoms with E-state index in [-0.39, 0.29) is 17.4 Å². The highest BCUT2D eigenvalue weighted by molar-refractivity contribution is 5.34. The lowest BCUT2D eigenvalue weighted by atomic mass is 9.93. The highest BCUT2D eigenvalue weighted by Crippen LogP contribution is 2.32. The summed E-state index contributed by atoms with van der Waals surface area (Å²) in [4.78, 5) is 2.36. The third kappa shape index (κ3) is 5.11. The van der Waals surface area contributed by atoms with Crippen molar-refractivity contribution in [2.75, 3.05) is 13.1 Å². The molecule has 0 aromatic heterocycles. The number of fused-ring (bicyclic) bond motifs is 1. The molecule has 2 aromatic rings. The van der Waals surface area contributed by atoms with Crippen LogP contribution in [0, 0.1) is 5.82 Å². The van der Waals surface area contributed by atoms with Crippen LogP contribution in [0.5, 0.6) is 0 Å². The van der Waals surface area contributed by atoms with Crippen molar-refractivity contribution in [3.05, 3.63) is 70.5 Å². The fraction of sp³-hybridized carbons (Fsp3) is 0.458. The summed E-state index contributed by atoms with van der Waals surface area (Å²) in [6.45, 7) is 13.9. The van der Waals surface area contributed by atoms with E-state index in [1.807, 2.05) is 17.1 Å². The van der Waals surface area contributed by atoms with Gasteiger partial charge in [-0.2, -0.15) is 0 Å². The lowest BCUT2D eigenvalue weighted by Gasteiger charge is -2.41. The molecule has 1 atom stereocenters. The molecule has 6 heteroatoms. The molecule has 2 aromatic carbocycles. The predicted octanol–water partition coefficient (Wildman–Crippen LogP) is 5.57. The Labute approximate surface area is 179 Å². The molecule has 0 aliphatic carbocycles. The van der Waals surface area contributed by atoms with Gasteiger partial charge in [-0.15, -0.1) is 5.10 Å². The van der Waals surface area contributed by atoms with Gasteiger partial charge in [-0.05, 0) is 61.6 Å². The van der Waals surface area contributed by atoms with Gasteiger partial charge < -0.3 is 0 Å². The van der Waals surface area contributed by atoms with Gasteiger partial charge in [0.25, 0.3) is 0 Å². The average Bonchev–Trinajstić information content (AvgIpc) is 2.73. The zero-order valence-corrected chi connectivity index (χ0v) is 18.5. The van der Waals surface area contributed by atoms with Gasteiger partial charge in [0.05, 0.1) is 18.1 Å². The number of rotatable bonds is 7. The first kappa shape index (κ1) is 22.1. The van der Waals surface area contributed by atoms with Gasteiger partial charge in [0.1, 0.15) is 5.82 Å². The van der Waals surface area contributed by atoms with Crippen LogP contribution in [0.4, 0.5) is 4.39 Å². The van der Waals surface area contributed by atoms with E-state index in [1.165, 1.54) is 22.8 Å². The van der Waals surface area contributed by atoms with E-state index in [9.17, 15) is 4.39 Å². The molecule has 1 aliphatic rings. The second kappa shape index (κ2) is 9.47. The van der Waals surface area contributed by atoms with Gasteiger partial charge in [-0.25, -0.2) is 4.39 Å². The molecule has 1 heterocycles. The molecular formula is C24H32FN5. The molecule has 0 N–H and O–H groups in total. The SMILES string of the molecule is C=N/N=N\N(CC(c1ccccc1F)N1CCc2ccc(CC)cc2C1)C(C)(C)C. The molecule has 3 rings (SSSR count). The Bertz CT molecular complexity index is 903. The van der Waals surface area contributed by atoms with Crippen molar-refractivity contribution in [2.45, 2.75) is 58.7 Å². The molecule has 160 valence electrons. The summed E-state index contributed by atoms with van der Waals surface area (Å²) in [6.07, 6.45) is 1.96. The van der Waals surface area contributed by atoms with Gasteiger partial charge >= 0.3 is 0 Å². The molecule has 0 bridgehead atoms. The molecule has 1 unspecified atom stereocenters. The van der Waals surface area contributed by atoms with Crippen LogP contribution in [-0.2, 0) is 19.4 Å². The van der Waals surface area contributed by atoms with Crippen LogP contribution >= 0.6 is 0 Å². The normalized spacial score (nSPS) is 15.8. The van der Waals surface area contributed by atoms with Crippen LogP contribution in [0.25, 0.3) is 0 Å². The quantitative estimate of drug-likeness (QED) is 0.341. The molecule has 0 radical (unpaired) electrons. The van der Waals surface area contributed by atoms with Crippen molar-refractivity contribution in [3.8, 4) is 0 Å². The fourth-order valence-corrected chi connectivity index (χ4v) is 3.96. The smallest absolute Gasteiger partial charge is 0.128 e. The van der Waals surface area contributed by atoms with E-state index in [0.29, 0.717) is 12.1 Å². The Morgan fingerprint density at radius 3 is 2.60 bits per heavy atom. The molecule has 0 spiro atoms. The van der Waals surface area contributed by atoms with Crippen LogP contribution in [-0.4, -0.2) is 35.3 Å². The Morgan fingerprint density at radius 1 is 1.17 bits per heavy atom. The largest absolute Gasteiger partial charge is 0.290 e. The summed E-state index contributed by atoms with van der Waals surface area (Å²) in [5.74, 6) is -0.191. The number of benzene rings is 2. The Kier molecular flexibility index (Phi) is 6.98. The van der Waals surface area contributed by atoms with Crippen LogP contribution in [0.1, 0.15) is 56.0 Å². The van der Waals surface area contributed by atoms with Crippen LogP contribution in [0.3, 0.4) is 0 Å². The van der Waals surface area contributed by atoms with Crippen molar-refractivity contribution in [1.82, 2.24) is 9.91 Å². The first-order chi connectivity index (χ1) is 14.3. The van der Waals surface area contributed by atoms with Gasteiger partial charge in [0.2, 0.25) is 0 Å². The molecule has 1 aliphatic heterocycles. The molecule has 0 amide bonds. The maximum atomic E-state index is 14.9. The lowest BCUT2D eigenvalue weighted by Crippen LogP contribution is -2.45. The van der Waals surface area contributed by atoms with Crippen molar-refractivity contribution in [1.29, 1.82) is 0 Å². The molecule has 0 saturated heterocycles. The Balaban J connectivity index is 1.97. The Morgan fingerprint density at radius 2 is 1.93 bits per heavy atom. The number of nitrogens with zero attached hydrogens (tertiary/aromatic N) is 5. The summed E-state index contributed by atoms with van der Waals surface area (Å²) < 4.78 is 14.9. The summed E-state index contributed by atoms with van der Waals surface area (Å²) >= 11 is 0. The van der Waals surface area contributed by atoms with Crippen molar-refractivity contribution >= 4 is 6.72 Å². The minimum atomic E-state index is -0.291. The van der Waals surface area contributed by atoms with E-state index in [1.54, 1.807) is 6.07 Å². The zero-order chi connectivity index (χ0) is 21.7. The number of aryl methyl sites for hydroxylation is 1. The maximum absolute atomic E-state index is 14.9. The standard InChI is InChI=1S/C24H32FN5/c1-6-18-11-12-19-13-14-29(16-20(19)15-18)23(21-9-7-8-10-22(21)25)17-30(24(2,3)4)28-27-26-5/h7-12,15,23H,5-6,13-14,16-17H2,1-4H3/b28-27-. The van der Waals surface area contributed by atoms with Crippen LogP contribution in [0.15, 0.2) is 58.0 Å². The summed E-state index contributed by atoms with van der Waals surface area (Å²) in [6, 6.07) is 13.6. The maximum Gasteiger partial charge on any atom is 0.128 e. The first-order valence-corrected chi connectivity index (χ1v) is 10.6. The second-order valence-corrected chi connectivity index (χ2v) is 8.79. The van der Waals surface area contributed by atoms with Crippen LogP contribution in [0.2, 0.25) is 0 Å². The topological polar surface area (TPSA) is 43.6 Å². The van der Waals surface area contributed by atoms with Gasteiger partial charge in [-0.1, -0.05) is 48.5 Å². The van der Waals surface area contributed by atoms with Crippen molar-refractivity contribution in [3.63, 3.8) is 0 Å². The van der Waals surface area contributed by atoms with Gasteiger partial charge in [0.15, 0.2) is 0 Å². The van der Waals surface area contributed by atoms with Crippen molar-refractivity contribution < 1.29 is 4.39 Å². The molecule has 30 heavy (non-hydrogen) atoms. The highest BCUT2D eigenvalue weighted by Gasteiger charge is 2.31. The highest BCUT2D eigenvalue weighted by atomic mass is 19.1. The molecule has 5 nitrogen and oxygen atoms in total. The Hall–Kier alpha value is -2.60. The molecule has 0 saturated carbocycles. The van der Waals surface area contributed by atoms with E-state index < -0.39 is 0 Å². The summed E-state index contributed by atoms with van der Waals surface area (Å²) in [7, 11) is 0. The third-order valence-electron chi connectivity index (χ3n) is 5.76. The monoisotopic (exact) mass is 409 g/mol. The van der Waals surface area contributed by atoms with Gasteiger partial charge in [-0.3, -0.25) is 9.91 Å². The van der Waals surface area contributed by atoms with Gasteiger partial charge in [0, 0.05) is 25.4 Å². The number of hydrogen-bond donors (Lipinski definition) is 0. The first-order valence-electron chi connectivity index (χ1n) is 10.6. The molecule has 0 fully saturated rings. The average molecular weight is 410 g/mol. The zero-order valence-electron chi connectivity index (χ0n) is 18.5. The predicted molar refractivity (Wildman–Crippen MR) is 120 cm³/mol. The second-order valence-electron chi connectivity index (χ2n) is 8.79. The lowest BCUT2D eigenvalue weighted by molar-refractivity contribution is 0.0647. The van der Waals surface area contributed by atoms with Crippen LogP contribution < -0.4 is 0 Å². The fourth-order valence-electron chi connectivity index (χ4n) is 3.96. The minimum absolute atomic E-state index is 0.160. The minimum Gasteiger partial charge on any atom is -0.290 e. The third-order valence-corrected chi connectivity index (χ3v) is 5.76. The van der Waals surface area contributed by atoms with E-state index in [0.717, 1.165) is 25.9 Å². The summed E-state index contributed by atoms with van der Waals surface area (Å²) in [5, 5.41) is 13.4. The van der Waals surface area contributed by atoms with E-state index in [4.69, 9.17) is 0 Å². The molecular weight excluding hydrogens is 377 g/mol. The van der Waals surface area contributed by atoms with E-state index in [2.05, 4.69) is 73.1 Å². The van der Waals surface area contributed by atoms with E-state index >= 15 is 0 Å². The number of hydrogen-bond acceptors (Lipinski definition) is 3. The van der Waals surface area contributed by atoms with Crippen molar-refractivity contribution in [2.24, 2.45) is 15.5 Å². The summed E-state index contributed by atoms with van der Waals surface area (Å²) in [5.41, 5.74) is 4.45. The number of halogens is 1.